The third kappa shape index (κ3) is 5.10. The lowest BCUT2D eigenvalue weighted by molar-refractivity contribution is -0.119. The van der Waals surface area contributed by atoms with Crippen LogP contribution in [-0.4, -0.2) is 39.9 Å². The highest BCUT2D eigenvalue weighted by Crippen LogP contribution is 2.17. The van der Waals surface area contributed by atoms with Gasteiger partial charge in [-0.05, 0) is 48.5 Å². The molecular weight excluding hydrogens is 374 g/mol. The SMILES string of the molecule is O=C(COC(=O)c1ccc(-n2cncn2)cc1)Nc1ccc(OC(F)F)cc1. The maximum Gasteiger partial charge on any atom is 0.387 e. The van der Waals surface area contributed by atoms with Crippen LogP contribution in [0.1, 0.15) is 10.4 Å². The first-order valence-corrected chi connectivity index (χ1v) is 7.98. The Hall–Kier alpha value is -3.82. The van der Waals surface area contributed by atoms with Gasteiger partial charge in [-0.1, -0.05) is 0 Å². The molecule has 0 fully saturated rings. The van der Waals surface area contributed by atoms with Crippen LogP contribution in [0.3, 0.4) is 0 Å². The van der Waals surface area contributed by atoms with Crippen LogP contribution < -0.4 is 10.1 Å². The minimum atomic E-state index is -2.93. The van der Waals surface area contributed by atoms with Gasteiger partial charge in [0, 0.05) is 5.69 Å². The fraction of sp³-hybridized carbons (Fsp3) is 0.111. The quantitative estimate of drug-likeness (QED) is 0.626. The minimum Gasteiger partial charge on any atom is -0.452 e. The molecule has 0 saturated heterocycles. The summed E-state index contributed by atoms with van der Waals surface area (Å²) in [5, 5.41) is 6.45. The molecule has 1 N–H and O–H groups in total. The number of nitrogens with zero attached hydrogens (tertiary/aromatic N) is 3. The number of benzene rings is 2. The normalized spacial score (nSPS) is 10.5. The number of carbonyl (C=O) groups excluding carboxylic acids is 2. The minimum absolute atomic E-state index is 0.0335. The lowest BCUT2D eigenvalue weighted by Gasteiger charge is -2.08. The highest BCUT2D eigenvalue weighted by molar-refractivity contribution is 5.95. The molecule has 0 spiro atoms. The molecule has 0 aliphatic heterocycles. The molecule has 144 valence electrons. The summed E-state index contributed by atoms with van der Waals surface area (Å²) in [5.74, 6) is -1.27. The second-order valence-electron chi connectivity index (χ2n) is 5.41. The standard InChI is InChI=1S/C18H14F2N4O4/c19-18(20)28-15-7-3-13(4-8-15)23-16(25)9-27-17(26)12-1-5-14(6-2-12)24-11-21-10-22-24/h1-8,10-11,18H,9H2,(H,23,25). The van der Waals surface area contributed by atoms with Crippen molar-refractivity contribution in [3.63, 3.8) is 0 Å². The number of alkyl halides is 2. The third-order valence-electron chi connectivity index (χ3n) is 3.48. The zero-order chi connectivity index (χ0) is 19.9. The summed E-state index contributed by atoms with van der Waals surface area (Å²) in [4.78, 5) is 27.7. The van der Waals surface area contributed by atoms with E-state index in [9.17, 15) is 18.4 Å². The molecule has 0 unspecified atom stereocenters. The zero-order valence-electron chi connectivity index (χ0n) is 14.3. The number of anilines is 1. The summed E-state index contributed by atoms with van der Waals surface area (Å²) in [6.45, 7) is -3.43. The Morgan fingerprint density at radius 2 is 1.79 bits per heavy atom. The van der Waals surface area contributed by atoms with Crippen molar-refractivity contribution in [3.8, 4) is 11.4 Å². The Kier molecular flexibility index (Phi) is 5.90. The van der Waals surface area contributed by atoms with Crippen molar-refractivity contribution < 1.29 is 27.8 Å². The average Bonchev–Trinajstić information content (AvgIpc) is 3.22. The van der Waals surface area contributed by atoms with Crippen LogP contribution in [0.25, 0.3) is 5.69 Å². The highest BCUT2D eigenvalue weighted by Gasteiger charge is 2.11. The van der Waals surface area contributed by atoms with Crippen LogP contribution in [0.15, 0.2) is 61.2 Å². The molecule has 0 saturated carbocycles. The van der Waals surface area contributed by atoms with Crippen LogP contribution >= 0.6 is 0 Å². The number of amides is 1. The maximum absolute atomic E-state index is 12.1. The number of rotatable bonds is 7. The van der Waals surface area contributed by atoms with Crippen molar-refractivity contribution in [2.24, 2.45) is 0 Å². The second-order valence-corrected chi connectivity index (χ2v) is 5.41. The number of aromatic nitrogens is 3. The number of carbonyl (C=O) groups is 2. The predicted molar refractivity (Wildman–Crippen MR) is 93.3 cm³/mol. The molecule has 3 aromatic rings. The van der Waals surface area contributed by atoms with Gasteiger partial charge >= 0.3 is 12.6 Å². The number of halogens is 2. The summed E-state index contributed by atoms with van der Waals surface area (Å²) < 4.78 is 34.9. The van der Waals surface area contributed by atoms with Gasteiger partial charge in [-0.25, -0.2) is 14.5 Å². The molecule has 0 aliphatic rings. The molecule has 28 heavy (non-hydrogen) atoms. The average molecular weight is 388 g/mol. The number of hydrogen-bond acceptors (Lipinski definition) is 6. The van der Waals surface area contributed by atoms with Gasteiger partial charge in [-0.2, -0.15) is 13.9 Å². The Morgan fingerprint density at radius 1 is 1.07 bits per heavy atom. The molecule has 1 aromatic heterocycles. The molecule has 0 atom stereocenters. The van der Waals surface area contributed by atoms with Crippen molar-refractivity contribution in [2.45, 2.75) is 6.61 Å². The van der Waals surface area contributed by atoms with Crippen molar-refractivity contribution in [2.75, 3.05) is 11.9 Å². The van der Waals surface area contributed by atoms with Gasteiger partial charge in [0.2, 0.25) is 0 Å². The molecule has 2 aromatic carbocycles. The highest BCUT2D eigenvalue weighted by atomic mass is 19.3. The summed E-state index contributed by atoms with van der Waals surface area (Å²) >= 11 is 0. The molecule has 0 aliphatic carbocycles. The van der Waals surface area contributed by atoms with Crippen LogP contribution in [0.2, 0.25) is 0 Å². The first-order chi connectivity index (χ1) is 13.5. The van der Waals surface area contributed by atoms with Gasteiger partial charge in [0.25, 0.3) is 5.91 Å². The number of ether oxygens (including phenoxy) is 2. The second kappa shape index (κ2) is 8.71. The number of esters is 1. The largest absolute Gasteiger partial charge is 0.452 e. The Bertz CT molecular complexity index is 929. The van der Waals surface area contributed by atoms with E-state index in [-0.39, 0.29) is 11.3 Å². The van der Waals surface area contributed by atoms with Crippen molar-refractivity contribution in [1.82, 2.24) is 14.8 Å². The van der Waals surface area contributed by atoms with E-state index in [1.165, 1.54) is 41.6 Å². The van der Waals surface area contributed by atoms with Gasteiger partial charge < -0.3 is 14.8 Å². The Morgan fingerprint density at radius 3 is 2.39 bits per heavy atom. The molecule has 8 nitrogen and oxygen atoms in total. The monoisotopic (exact) mass is 388 g/mol. The summed E-state index contributed by atoms with van der Waals surface area (Å²) in [6, 6.07) is 11.7. The van der Waals surface area contributed by atoms with Gasteiger partial charge in [0.1, 0.15) is 18.4 Å². The molecule has 10 heteroatoms. The van der Waals surface area contributed by atoms with Crippen LogP contribution in [0, 0.1) is 0 Å². The van der Waals surface area contributed by atoms with E-state index >= 15 is 0 Å². The van der Waals surface area contributed by atoms with Crippen LogP contribution in [0.5, 0.6) is 5.75 Å². The fourth-order valence-corrected chi connectivity index (χ4v) is 2.22. The van der Waals surface area contributed by atoms with Gasteiger partial charge in [0.05, 0.1) is 11.3 Å². The van der Waals surface area contributed by atoms with E-state index < -0.39 is 25.1 Å². The molecular formula is C18H14F2N4O4. The van der Waals surface area contributed by atoms with E-state index in [1.54, 1.807) is 24.3 Å². The topological polar surface area (TPSA) is 95.3 Å². The predicted octanol–water partition coefficient (Wildman–Crippen LogP) is 2.66. The lowest BCUT2D eigenvalue weighted by atomic mass is 10.2. The summed E-state index contributed by atoms with van der Waals surface area (Å²) in [5.41, 5.74) is 1.33. The smallest absolute Gasteiger partial charge is 0.387 e. The number of hydrogen-bond donors (Lipinski definition) is 1. The van der Waals surface area contributed by atoms with Crippen LogP contribution in [0.4, 0.5) is 14.5 Å². The van der Waals surface area contributed by atoms with E-state index in [4.69, 9.17) is 4.74 Å². The van der Waals surface area contributed by atoms with Gasteiger partial charge in [-0.3, -0.25) is 4.79 Å². The van der Waals surface area contributed by atoms with Crippen molar-refractivity contribution >= 4 is 17.6 Å². The number of nitrogens with one attached hydrogen (secondary N) is 1. The zero-order valence-corrected chi connectivity index (χ0v) is 14.3. The lowest BCUT2D eigenvalue weighted by Crippen LogP contribution is -2.20. The first-order valence-electron chi connectivity index (χ1n) is 7.98. The maximum atomic E-state index is 12.1. The third-order valence-corrected chi connectivity index (χ3v) is 3.48. The Balaban J connectivity index is 1.49. The van der Waals surface area contributed by atoms with Gasteiger partial charge in [-0.15, -0.1) is 0 Å². The first kappa shape index (κ1) is 19.0. The molecule has 1 amide bonds. The fourth-order valence-electron chi connectivity index (χ4n) is 2.22. The van der Waals surface area contributed by atoms with E-state index in [0.717, 1.165) is 0 Å². The Labute approximate surface area is 157 Å². The van der Waals surface area contributed by atoms with E-state index in [2.05, 4.69) is 20.1 Å². The van der Waals surface area contributed by atoms with E-state index in [0.29, 0.717) is 11.4 Å². The van der Waals surface area contributed by atoms with Gasteiger partial charge in [0.15, 0.2) is 6.61 Å². The summed E-state index contributed by atoms with van der Waals surface area (Å²) in [6.07, 6.45) is 2.91. The summed E-state index contributed by atoms with van der Waals surface area (Å²) in [7, 11) is 0. The van der Waals surface area contributed by atoms with Crippen molar-refractivity contribution in [1.29, 1.82) is 0 Å². The molecule has 0 radical (unpaired) electrons. The molecule has 0 bridgehead atoms. The molecule has 1 heterocycles. The van der Waals surface area contributed by atoms with Crippen LogP contribution in [-0.2, 0) is 9.53 Å². The molecule has 3 rings (SSSR count). The van der Waals surface area contributed by atoms with Crippen molar-refractivity contribution in [3.05, 3.63) is 66.7 Å². The van der Waals surface area contributed by atoms with E-state index in [1.807, 2.05) is 0 Å².